The van der Waals surface area contributed by atoms with Crippen LogP contribution in [0.3, 0.4) is 0 Å². The first-order valence-corrected chi connectivity index (χ1v) is 10.2. The normalized spacial score (nSPS) is 12.4. The molecule has 0 saturated heterocycles. The Labute approximate surface area is 173 Å². The minimum Gasteiger partial charge on any atom is -0.456 e. The van der Waals surface area contributed by atoms with E-state index >= 15 is 0 Å². The predicted molar refractivity (Wildman–Crippen MR) is 125 cm³/mol. The summed E-state index contributed by atoms with van der Waals surface area (Å²) in [5, 5.41) is 9.62. The lowest BCUT2D eigenvalue weighted by molar-refractivity contribution is 0.488. The maximum absolute atomic E-state index is 6.50. The summed E-state index contributed by atoms with van der Waals surface area (Å²) in [5.41, 5.74) is 3.33. The van der Waals surface area contributed by atoms with E-state index < -0.39 is 0 Å². The highest BCUT2D eigenvalue weighted by atomic mass is 16.5. The second-order valence-corrected chi connectivity index (χ2v) is 8.14. The van der Waals surface area contributed by atoms with Gasteiger partial charge < -0.3 is 4.74 Å². The van der Waals surface area contributed by atoms with Gasteiger partial charge in [0.25, 0.3) is 0 Å². The van der Waals surface area contributed by atoms with E-state index in [0.717, 1.165) is 28.1 Å². The van der Waals surface area contributed by atoms with Crippen molar-refractivity contribution in [2.75, 3.05) is 0 Å². The van der Waals surface area contributed by atoms with Crippen molar-refractivity contribution in [1.29, 1.82) is 0 Å². The second-order valence-electron chi connectivity index (χ2n) is 8.14. The van der Waals surface area contributed by atoms with Crippen molar-refractivity contribution in [3.8, 4) is 22.8 Å². The first kappa shape index (κ1) is 15.9. The van der Waals surface area contributed by atoms with Crippen molar-refractivity contribution >= 4 is 43.1 Å². The maximum Gasteiger partial charge on any atom is 0.138 e. The van der Waals surface area contributed by atoms with E-state index in [1.807, 2.05) is 6.20 Å². The molecule has 140 valence electrons. The molecular weight excluding hydrogens is 366 g/mol. The van der Waals surface area contributed by atoms with E-state index in [9.17, 15) is 0 Å². The number of nitrogens with zero attached hydrogens (tertiary/aromatic N) is 1. The number of hydrogen-bond acceptors (Lipinski definition) is 2. The molecule has 1 aliphatic heterocycles. The van der Waals surface area contributed by atoms with E-state index in [1.54, 1.807) is 0 Å². The third-order valence-corrected chi connectivity index (χ3v) is 6.30. The third-order valence-electron chi connectivity index (χ3n) is 6.30. The van der Waals surface area contributed by atoms with Gasteiger partial charge in [-0.15, -0.1) is 0 Å². The molecule has 1 aromatic heterocycles. The Bertz CT molecular complexity index is 1680. The molecular formula is C28H17NO. The van der Waals surface area contributed by atoms with Gasteiger partial charge in [-0.2, -0.15) is 0 Å². The van der Waals surface area contributed by atoms with E-state index in [2.05, 4.69) is 85.8 Å². The van der Waals surface area contributed by atoms with Gasteiger partial charge in [0.2, 0.25) is 0 Å². The van der Waals surface area contributed by atoms with Gasteiger partial charge in [-0.05, 0) is 68.9 Å². The molecule has 0 fully saturated rings. The van der Waals surface area contributed by atoms with Gasteiger partial charge in [0, 0.05) is 11.8 Å². The minimum atomic E-state index is 0.872. The molecule has 0 saturated carbocycles. The van der Waals surface area contributed by atoms with Crippen LogP contribution in [-0.2, 0) is 0 Å². The van der Waals surface area contributed by atoms with Crippen molar-refractivity contribution < 1.29 is 4.74 Å². The molecule has 0 unspecified atom stereocenters. The van der Waals surface area contributed by atoms with Crippen LogP contribution < -0.4 is 4.74 Å². The van der Waals surface area contributed by atoms with Gasteiger partial charge >= 0.3 is 0 Å². The summed E-state index contributed by atoms with van der Waals surface area (Å²) in [6.45, 7) is 2.14. The van der Waals surface area contributed by atoms with Crippen LogP contribution in [0.15, 0.2) is 85.1 Å². The minimum absolute atomic E-state index is 0.872. The van der Waals surface area contributed by atoms with Crippen LogP contribution in [0.4, 0.5) is 0 Å². The SMILES string of the molecule is Cc1ccc2c(ccc3c4ccnc5c4c(cc23)Oc2cc3ccccc3cc2-5)c1. The van der Waals surface area contributed by atoms with E-state index in [-0.39, 0.29) is 0 Å². The Morgan fingerprint density at radius 3 is 2.37 bits per heavy atom. The molecule has 30 heavy (non-hydrogen) atoms. The molecule has 5 aromatic carbocycles. The van der Waals surface area contributed by atoms with Crippen molar-refractivity contribution in [2.24, 2.45) is 0 Å². The summed E-state index contributed by atoms with van der Waals surface area (Å²) in [7, 11) is 0. The number of ether oxygens (including phenoxy) is 1. The average molecular weight is 383 g/mol. The number of aryl methyl sites for hydroxylation is 1. The van der Waals surface area contributed by atoms with Crippen molar-refractivity contribution in [1.82, 2.24) is 4.98 Å². The fourth-order valence-corrected chi connectivity index (χ4v) is 4.89. The van der Waals surface area contributed by atoms with Crippen molar-refractivity contribution in [3.63, 3.8) is 0 Å². The fourth-order valence-electron chi connectivity index (χ4n) is 4.89. The number of pyridine rings is 1. The number of benzene rings is 5. The lowest BCUT2D eigenvalue weighted by Crippen LogP contribution is -2.00. The quantitative estimate of drug-likeness (QED) is 0.249. The Morgan fingerprint density at radius 1 is 0.633 bits per heavy atom. The highest BCUT2D eigenvalue weighted by Crippen LogP contribution is 2.49. The van der Waals surface area contributed by atoms with Gasteiger partial charge in [-0.25, -0.2) is 0 Å². The molecule has 0 amide bonds. The second kappa shape index (κ2) is 5.58. The zero-order valence-electron chi connectivity index (χ0n) is 16.4. The standard InChI is InChI=1S/C28H17NO/c1-16-6-8-20-19(12-16)7-9-21-22-10-11-29-28-24-13-17-4-2-3-5-18(17)14-25(24)30-26(27(22)28)15-23(20)21/h2-15H,1H3. The van der Waals surface area contributed by atoms with Crippen LogP contribution in [0, 0.1) is 6.92 Å². The molecule has 0 aliphatic carbocycles. The third kappa shape index (κ3) is 2.05. The monoisotopic (exact) mass is 383 g/mol. The lowest BCUT2D eigenvalue weighted by atomic mass is 9.92. The molecule has 2 heterocycles. The Balaban J connectivity index is 1.64. The van der Waals surface area contributed by atoms with Crippen LogP contribution >= 0.6 is 0 Å². The van der Waals surface area contributed by atoms with Crippen LogP contribution in [-0.4, -0.2) is 4.98 Å². The van der Waals surface area contributed by atoms with Gasteiger partial charge in [0.15, 0.2) is 0 Å². The first-order valence-electron chi connectivity index (χ1n) is 10.2. The number of hydrogen-bond donors (Lipinski definition) is 0. The van der Waals surface area contributed by atoms with Crippen LogP contribution in [0.5, 0.6) is 11.5 Å². The van der Waals surface area contributed by atoms with Gasteiger partial charge in [0.05, 0.1) is 11.1 Å². The molecule has 0 radical (unpaired) electrons. The van der Waals surface area contributed by atoms with Gasteiger partial charge in [-0.3, -0.25) is 4.98 Å². The molecule has 7 rings (SSSR count). The molecule has 2 nitrogen and oxygen atoms in total. The largest absolute Gasteiger partial charge is 0.456 e. The van der Waals surface area contributed by atoms with Gasteiger partial charge in [0.1, 0.15) is 11.5 Å². The summed E-state index contributed by atoms with van der Waals surface area (Å²) >= 11 is 0. The van der Waals surface area contributed by atoms with E-state index in [4.69, 9.17) is 9.72 Å². The van der Waals surface area contributed by atoms with Gasteiger partial charge in [-0.1, -0.05) is 60.2 Å². The number of rotatable bonds is 0. The maximum atomic E-state index is 6.50. The molecule has 2 heteroatoms. The average Bonchev–Trinajstić information content (AvgIpc) is 2.78. The zero-order chi connectivity index (χ0) is 19.8. The zero-order valence-corrected chi connectivity index (χ0v) is 16.4. The summed E-state index contributed by atoms with van der Waals surface area (Å²) < 4.78 is 6.50. The summed E-state index contributed by atoms with van der Waals surface area (Å²) in [6, 6.07) is 28.1. The number of aromatic nitrogens is 1. The fraction of sp³-hybridized carbons (Fsp3) is 0.0357. The molecule has 0 spiro atoms. The molecule has 6 aromatic rings. The molecule has 0 atom stereocenters. The van der Waals surface area contributed by atoms with Crippen LogP contribution in [0.25, 0.3) is 54.3 Å². The first-order chi connectivity index (χ1) is 14.8. The van der Waals surface area contributed by atoms with Crippen molar-refractivity contribution in [2.45, 2.75) is 6.92 Å². The highest BCUT2D eigenvalue weighted by molar-refractivity contribution is 6.21. The molecule has 0 N–H and O–H groups in total. The van der Waals surface area contributed by atoms with E-state index in [1.165, 1.54) is 43.3 Å². The molecule has 0 bridgehead atoms. The topological polar surface area (TPSA) is 22.1 Å². The molecule has 1 aliphatic rings. The van der Waals surface area contributed by atoms with Crippen LogP contribution in [0.1, 0.15) is 5.56 Å². The Hall–Kier alpha value is -3.91. The van der Waals surface area contributed by atoms with Crippen LogP contribution in [0.2, 0.25) is 0 Å². The highest BCUT2D eigenvalue weighted by Gasteiger charge is 2.23. The number of fused-ring (bicyclic) bond motifs is 7. The van der Waals surface area contributed by atoms with Crippen molar-refractivity contribution in [3.05, 3.63) is 90.6 Å². The Kier molecular flexibility index (Phi) is 2.97. The predicted octanol–water partition coefficient (Wildman–Crippen LogP) is 7.78. The summed E-state index contributed by atoms with van der Waals surface area (Å²) in [5.74, 6) is 1.76. The summed E-state index contributed by atoms with van der Waals surface area (Å²) in [6.07, 6.45) is 1.92. The summed E-state index contributed by atoms with van der Waals surface area (Å²) in [4.78, 5) is 4.79. The lowest BCUT2D eigenvalue weighted by Gasteiger charge is -2.22. The Morgan fingerprint density at radius 2 is 1.47 bits per heavy atom. The smallest absolute Gasteiger partial charge is 0.138 e. The van der Waals surface area contributed by atoms with E-state index in [0.29, 0.717) is 0 Å².